The zero-order valence-electron chi connectivity index (χ0n) is 10.1. The fourth-order valence-electron chi connectivity index (χ4n) is 2.18. The third-order valence-corrected chi connectivity index (χ3v) is 3.35. The standard InChI is InChI=1S/C13H19N3O/c1-2-12(17-7-1)8-13-14-6-5-11(16-13)9-15-10-3-4-10/h5-6,10,12,15H,1-4,7-9H2. The fraction of sp³-hybridized carbons (Fsp3) is 0.692. The van der Waals surface area contributed by atoms with Gasteiger partial charge in [0.2, 0.25) is 0 Å². The van der Waals surface area contributed by atoms with E-state index in [4.69, 9.17) is 4.74 Å². The van der Waals surface area contributed by atoms with E-state index in [1.807, 2.05) is 12.3 Å². The molecule has 1 saturated heterocycles. The first-order valence-corrected chi connectivity index (χ1v) is 6.56. The van der Waals surface area contributed by atoms with Crippen LogP contribution in [0.2, 0.25) is 0 Å². The zero-order valence-corrected chi connectivity index (χ0v) is 10.1. The van der Waals surface area contributed by atoms with Crippen LogP contribution < -0.4 is 5.32 Å². The molecule has 1 aliphatic carbocycles. The van der Waals surface area contributed by atoms with Gasteiger partial charge in [-0.15, -0.1) is 0 Å². The van der Waals surface area contributed by atoms with Gasteiger partial charge < -0.3 is 10.1 Å². The second-order valence-corrected chi connectivity index (χ2v) is 4.96. The molecule has 17 heavy (non-hydrogen) atoms. The number of rotatable bonds is 5. The fourth-order valence-corrected chi connectivity index (χ4v) is 2.18. The highest BCUT2D eigenvalue weighted by Crippen LogP contribution is 2.19. The van der Waals surface area contributed by atoms with Gasteiger partial charge in [0.25, 0.3) is 0 Å². The second-order valence-electron chi connectivity index (χ2n) is 4.96. The number of hydrogen-bond donors (Lipinski definition) is 1. The molecule has 1 atom stereocenters. The van der Waals surface area contributed by atoms with Gasteiger partial charge >= 0.3 is 0 Å². The van der Waals surface area contributed by atoms with Gasteiger partial charge in [-0.2, -0.15) is 0 Å². The van der Waals surface area contributed by atoms with Crippen LogP contribution in [0.15, 0.2) is 12.3 Å². The maximum Gasteiger partial charge on any atom is 0.131 e. The van der Waals surface area contributed by atoms with E-state index in [1.54, 1.807) is 0 Å². The molecule has 2 fully saturated rings. The molecule has 1 aromatic heterocycles. The Kier molecular flexibility index (Phi) is 3.34. The Morgan fingerprint density at radius 1 is 1.35 bits per heavy atom. The molecule has 4 nitrogen and oxygen atoms in total. The highest BCUT2D eigenvalue weighted by molar-refractivity contribution is 5.04. The molecule has 1 aliphatic heterocycles. The molecule has 1 N–H and O–H groups in total. The number of nitrogens with one attached hydrogen (secondary N) is 1. The topological polar surface area (TPSA) is 47.0 Å². The summed E-state index contributed by atoms with van der Waals surface area (Å²) in [6, 6.07) is 2.72. The van der Waals surface area contributed by atoms with E-state index in [0.29, 0.717) is 6.10 Å². The first-order valence-electron chi connectivity index (χ1n) is 6.56. The average Bonchev–Trinajstić information content (AvgIpc) is 3.05. The van der Waals surface area contributed by atoms with Crippen molar-refractivity contribution < 1.29 is 4.74 Å². The quantitative estimate of drug-likeness (QED) is 0.836. The van der Waals surface area contributed by atoms with E-state index >= 15 is 0 Å². The summed E-state index contributed by atoms with van der Waals surface area (Å²) < 4.78 is 5.61. The van der Waals surface area contributed by atoms with Gasteiger partial charge in [-0.1, -0.05) is 0 Å². The van der Waals surface area contributed by atoms with Gasteiger partial charge in [-0.25, -0.2) is 9.97 Å². The molecule has 1 unspecified atom stereocenters. The minimum atomic E-state index is 0.335. The summed E-state index contributed by atoms with van der Waals surface area (Å²) in [6.07, 6.45) is 8.00. The van der Waals surface area contributed by atoms with Gasteiger partial charge in [0.05, 0.1) is 11.8 Å². The predicted octanol–water partition coefficient (Wildman–Crippen LogP) is 1.45. The number of aromatic nitrogens is 2. The summed E-state index contributed by atoms with van der Waals surface area (Å²) in [5, 5.41) is 3.47. The van der Waals surface area contributed by atoms with Crippen molar-refractivity contribution in [2.75, 3.05) is 6.61 Å². The predicted molar refractivity (Wildman–Crippen MR) is 64.6 cm³/mol. The molecular formula is C13H19N3O. The van der Waals surface area contributed by atoms with E-state index in [1.165, 1.54) is 19.3 Å². The van der Waals surface area contributed by atoms with Crippen LogP contribution in [0.5, 0.6) is 0 Å². The van der Waals surface area contributed by atoms with Gasteiger partial charge in [-0.05, 0) is 31.7 Å². The lowest BCUT2D eigenvalue weighted by atomic mass is 10.2. The lowest BCUT2D eigenvalue weighted by Crippen LogP contribution is -2.18. The van der Waals surface area contributed by atoms with E-state index in [2.05, 4.69) is 15.3 Å². The molecule has 0 radical (unpaired) electrons. The van der Waals surface area contributed by atoms with Crippen LogP contribution >= 0.6 is 0 Å². The van der Waals surface area contributed by atoms with Gasteiger partial charge in [0.15, 0.2) is 0 Å². The molecule has 4 heteroatoms. The van der Waals surface area contributed by atoms with Gasteiger partial charge in [-0.3, -0.25) is 0 Å². The monoisotopic (exact) mass is 233 g/mol. The van der Waals surface area contributed by atoms with Crippen LogP contribution in [-0.4, -0.2) is 28.7 Å². The van der Waals surface area contributed by atoms with Crippen molar-refractivity contribution in [3.63, 3.8) is 0 Å². The SMILES string of the molecule is c1cc(CNC2CC2)nc(CC2CCCO2)n1. The molecular weight excluding hydrogens is 214 g/mol. The smallest absolute Gasteiger partial charge is 0.131 e. The zero-order chi connectivity index (χ0) is 11.5. The summed E-state index contributed by atoms with van der Waals surface area (Å²) in [4.78, 5) is 8.91. The van der Waals surface area contributed by atoms with Crippen LogP contribution in [0.3, 0.4) is 0 Å². The third kappa shape index (κ3) is 3.23. The van der Waals surface area contributed by atoms with Crippen LogP contribution in [0.25, 0.3) is 0 Å². The molecule has 92 valence electrons. The second kappa shape index (κ2) is 5.10. The Hall–Kier alpha value is -1.00. The molecule has 0 bridgehead atoms. The van der Waals surface area contributed by atoms with E-state index in [-0.39, 0.29) is 0 Å². The number of ether oxygens (including phenoxy) is 1. The minimum Gasteiger partial charge on any atom is -0.378 e. The highest BCUT2D eigenvalue weighted by atomic mass is 16.5. The van der Waals surface area contributed by atoms with Crippen molar-refractivity contribution in [1.82, 2.24) is 15.3 Å². The Balaban J connectivity index is 1.56. The minimum absolute atomic E-state index is 0.335. The number of nitrogens with zero attached hydrogens (tertiary/aromatic N) is 2. The average molecular weight is 233 g/mol. The first-order chi connectivity index (χ1) is 8.40. The van der Waals surface area contributed by atoms with Crippen molar-refractivity contribution in [3.8, 4) is 0 Å². The first kappa shape index (κ1) is 11.1. The maximum absolute atomic E-state index is 5.61. The van der Waals surface area contributed by atoms with Crippen LogP contribution in [-0.2, 0) is 17.7 Å². The Morgan fingerprint density at radius 3 is 3.06 bits per heavy atom. The Morgan fingerprint density at radius 2 is 2.29 bits per heavy atom. The Labute approximate surface area is 102 Å². The van der Waals surface area contributed by atoms with E-state index in [0.717, 1.165) is 43.6 Å². The van der Waals surface area contributed by atoms with Crippen molar-refractivity contribution in [1.29, 1.82) is 0 Å². The normalized spacial score (nSPS) is 24.1. The van der Waals surface area contributed by atoms with Crippen LogP contribution in [0, 0.1) is 0 Å². The van der Waals surface area contributed by atoms with E-state index in [9.17, 15) is 0 Å². The molecule has 3 rings (SSSR count). The number of hydrogen-bond acceptors (Lipinski definition) is 4. The summed E-state index contributed by atoms with van der Waals surface area (Å²) >= 11 is 0. The van der Waals surface area contributed by atoms with E-state index < -0.39 is 0 Å². The molecule has 0 spiro atoms. The summed E-state index contributed by atoms with van der Waals surface area (Å²) in [5.41, 5.74) is 1.10. The van der Waals surface area contributed by atoms with Crippen LogP contribution in [0.4, 0.5) is 0 Å². The summed E-state index contributed by atoms with van der Waals surface area (Å²) in [7, 11) is 0. The molecule has 0 aromatic carbocycles. The molecule has 0 amide bonds. The summed E-state index contributed by atoms with van der Waals surface area (Å²) in [6.45, 7) is 1.76. The Bertz CT molecular complexity index is 373. The third-order valence-electron chi connectivity index (χ3n) is 3.35. The van der Waals surface area contributed by atoms with Gasteiger partial charge in [0, 0.05) is 31.8 Å². The van der Waals surface area contributed by atoms with Crippen molar-refractivity contribution in [3.05, 3.63) is 23.8 Å². The maximum atomic E-state index is 5.61. The van der Waals surface area contributed by atoms with Crippen molar-refractivity contribution in [2.24, 2.45) is 0 Å². The van der Waals surface area contributed by atoms with Crippen molar-refractivity contribution in [2.45, 2.75) is 50.8 Å². The molecule has 1 saturated carbocycles. The van der Waals surface area contributed by atoms with Crippen LogP contribution in [0.1, 0.15) is 37.2 Å². The molecule has 1 aromatic rings. The highest BCUT2D eigenvalue weighted by Gasteiger charge is 2.20. The summed E-state index contributed by atoms with van der Waals surface area (Å²) in [5.74, 6) is 0.923. The molecule has 2 aliphatic rings. The molecule has 2 heterocycles. The van der Waals surface area contributed by atoms with Crippen molar-refractivity contribution >= 4 is 0 Å². The van der Waals surface area contributed by atoms with Gasteiger partial charge in [0.1, 0.15) is 5.82 Å². The largest absolute Gasteiger partial charge is 0.378 e. The lowest BCUT2D eigenvalue weighted by molar-refractivity contribution is 0.110. The lowest BCUT2D eigenvalue weighted by Gasteiger charge is -2.09.